The standard InChI is InChI=1S/C14H24N2O2/c1-5-8-15-11-12-6-9-16(10-7-12)13(17)18-14(2,3)4/h1,12,15H,6-11H2,2-4H3. The Morgan fingerprint density at radius 1 is 1.44 bits per heavy atom. The summed E-state index contributed by atoms with van der Waals surface area (Å²) in [4.78, 5) is 13.6. The first-order valence-electron chi connectivity index (χ1n) is 6.54. The number of rotatable bonds is 3. The van der Waals surface area contributed by atoms with Crippen LogP contribution in [0.5, 0.6) is 0 Å². The normalized spacial score (nSPS) is 17.3. The fourth-order valence-corrected chi connectivity index (χ4v) is 1.99. The fraction of sp³-hybridized carbons (Fsp3) is 0.786. The second-order valence-electron chi connectivity index (χ2n) is 5.75. The maximum absolute atomic E-state index is 11.8. The number of ether oxygens (including phenoxy) is 1. The third-order valence-electron chi connectivity index (χ3n) is 2.93. The molecule has 1 heterocycles. The topological polar surface area (TPSA) is 41.6 Å². The van der Waals surface area contributed by atoms with Crippen LogP contribution in [0.1, 0.15) is 33.6 Å². The van der Waals surface area contributed by atoms with Crippen molar-refractivity contribution >= 4 is 6.09 Å². The van der Waals surface area contributed by atoms with Crippen molar-refractivity contribution in [2.75, 3.05) is 26.2 Å². The van der Waals surface area contributed by atoms with Crippen LogP contribution in [-0.2, 0) is 4.74 Å². The van der Waals surface area contributed by atoms with E-state index in [0.29, 0.717) is 12.5 Å². The van der Waals surface area contributed by atoms with Gasteiger partial charge in [-0.05, 0) is 46.1 Å². The van der Waals surface area contributed by atoms with E-state index in [-0.39, 0.29) is 6.09 Å². The van der Waals surface area contributed by atoms with Gasteiger partial charge in [0.2, 0.25) is 0 Å². The van der Waals surface area contributed by atoms with E-state index < -0.39 is 5.60 Å². The number of carbonyl (C=O) groups excluding carboxylic acids is 1. The van der Waals surface area contributed by atoms with Gasteiger partial charge in [0.1, 0.15) is 5.60 Å². The summed E-state index contributed by atoms with van der Waals surface area (Å²) in [6.07, 6.45) is 7.01. The fourth-order valence-electron chi connectivity index (χ4n) is 1.99. The minimum absolute atomic E-state index is 0.197. The van der Waals surface area contributed by atoms with E-state index in [0.717, 1.165) is 32.5 Å². The highest BCUT2D eigenvalue weighted by Crippen LogP contribution is 2.18. The van der Waals surface area contributed by atoms with Gasteiger partial charge in [-0.15, -0.1) is 6.42 Å². The van der Waals surface area contributed by atoms with Gasteiger partial charge in [0.25, 0.3) is 0 Å². The number of hydrogen-bond acceptors (Lipinski definition) is 3. The van der Waals surface area contributed by atoms with E-state index in [4.69, 9.17) is 11.2 Å². The third kappa shape index (κ3) is 5.42. The van der Waals surface area contributed by atoms with Crippen LogP contribution in [0.2, 0.25) is 0 Å². The molecule has 0 aromatic carbocycles. The number of nitrogens with one attached hydrogen (secondary N) is 1. The quantitative estimate of drug-likeness (QED) is 0.616. The molecule has 0 aliphatic carbocycles. The smallest absolute Gasteiger partial charge is 0.410 e. The highest BCUT2D eigenvalue weighted by Gasteiger charge is 2.26. The highest BCUT2D eigenvalue weighted by atomic mass is 16.6. The molecule has 0 saturated carbocycles. The molecule has 1 N–H and O–H groups in total. The molecule has 0 unspecified atom stereocenters. The second kappa shape index (κ2) is 6.65. The SMILES string of the molecule is C#CCNCC1CCN(C(=O)OC(C)(C)C)CC1. The predicted octanol–water partition coefficient (Wildman–Crippen LogP) is 1.86. The van der Waals surface area contributed by atoms with Crippen molar-refractivity contribution in [3.63, 3.8) is 0 Å². The maximum Gasteiger partial charge on any atom is 0.410 e. The van der Waals surface area contributed by atoms with Crippen LogP contribution in [0.15, 0.2) is 0 Å². The van der Waals surface area contributed by atoms with Gasteiger partial charge < -0.3 is 15.0 Å². The first-order chi connectivity index (χ1) is 8.42. The van der Waals surface area contributed by atoms with Crippen molar-refractivity contribution in [2.45, 2.75) is 39.2 Å². The lowest BCUT2D eigenvalue weighted by Crippen LogP contribution is -2.43. The Morgan fingerprint density at radius 3 is 2.56 bits per heavy atom. The first kappa shape index (κ1) is 14.8. The number of carbonyl (C=O) groups is 1. The molecule has 0 radical (unpaired) electrons. The van der Waals surface area contributed by atoms with E-state index in [1.165, 1.54) is 0 Å². The molecule has 4 heteroatoms. The zero-order valence-corrected chi connectivity index (χ0v) is 11.7. The number of amides is 1. The Kier molecular flexibility index (Phi) is 5.49. The molecule has 1 aliphatic rings. The summed E-state index contributed by atoms with van der Waals surface area (Å²) in [6.45, 7) is 8.78. The summed E-state index contributed by atoms with van der Waals surface area (Å²) >= 11 is 0. The average molecular weight is 252 g/mol. The van der Waals surface area contributed by atoms with E-state index in [9.17, 15) is 4.79 Å². The largest absolute Gasteiger partial charge is 0.444 e. The highest BCUT2D eigenvalue weighted by molar-refractivity contribution is 5.68. The van der Waals surface area contributed by atoms with Gasteiger partial charge in [0, 0.05) is 13.1 Å². The number of hydrogen-bond donors (Lipinski definition) is 1. The molecule has 4 nitrogen and oxygen atoms in total. The second-order valence-corrected chi connectivity index (χ2v) is 5.75. The summed E-state index contributed by atoms with van der Waals surface area (Å²) < 4.78 is 5.36. The number of piperidine rings is 1. The maximum atomic E-state index is 11.8. The zero-order valence-electron chi connectivity index (χ0n) is 11.7. The predicted molar refractivity (Wildman–Crippen MR) is 72.2 cm³/mol. The lowest BCUT2D eigenvalue weighted by atomic mass is 9.97. The van der Waals surface area contributed by atoms with Gasteiger partial charge >= 0.3 is 6.09 Å². The Balaban J connectivity index is 2.27. The van der Waals surface area contributed by atoms with Crippen molar-refractivity contribution in [1.29, 1.82) is 0 Å². The Morgan fingerprint density at radius 2 is 2.06 bits per heavy atom. The third-order valence-corrected chi connectivity index (χ3v) is 2.93. The van der Waals surface area contributed by atoms with E-state index in [1.54, 1.807) is 4.90 Å². The summed E-state index contributed by atoms with van der Waals surface area (Å²) in [5.41, 5.74) is -0.414. The summed E-state index contributed by atoms with van der Waals surface area (Å²) in [6, 6.07) is 0. The molecular formula is C14H24N2O2. The molecule has 18 heavy (non-hydrogen) atoms. The number of nitrogens with zero attached hydrogens (tertiary/aromatic N) is 1. The molecular weight excluding hydrogens is 228 g/mol. The van der Waals surface area contributed by atoms with Crippen molar-refractivity contribution < 1.29 is 9.53 Å². The summed E-state index contributed by atoms with van der Waals surface area (Å²) in [7, 11) is 0. The van der Waals surface area contributed by atoms with Gasteiger partial charge in [-0.1, -0.05) is 5.92 Å². The molecule has 1 saturated heterocycles. The van der Waals surface area contributed by atoms with E-state index >= 15 is 0 Å². The molecule has 0 atom stereocenters. The van der Waals surface area contributed by atoms with E-state index in [2.05, 4.69) is 11.2 Å². The zero-order chi connectivity index (χ0) is 13.6. The van der Waals surface area contributed by atoms with Crippen molar-refractivity contribution in [2.24, 2.45) is 5.92 Å². The van der Waals surface area contributed by atoms with Crippen LogP contribution in [0, 0.1) is 18.3 Å². The molecule has 1 aliphatic heterocycles. The lowest BCUT2D eigenvalue weighted by molar-refractivity contribution is 0.0184. The molecule has 0 spiro atoms. The molecule has 1 amide bonds. The average Bonchev–Trinajstić information content (AvgIpc) is 2.28. The molecule has 0 aromatic heterocycles. The van der Waals surface area contributed by atoms with Crippen LogP contribution in [0.3, 0.4) is 0 Å². The Hall–Kier alpha value is -1.21. The molecule has 1 fully saturated rings. The lowest BCUT2D eigenvalue weighted by Gasteiger charge is -2.33. The minimum Gasteiger partial charge on any atom is -0.444 e. The van der Waals surface area contributed by atoms with Crippen molar-refractivity contribution in [1.82, 2.24) is 10.2 Å². The van der Waals surface area contributed by atoms with Gasteiger partial charge in [-0.2, -0.15) is 0 Å². The summed E-state index contributed by atoms with van der Waals surface area (Å²) in [5.74, 6) is 3.17. The first-order valence-corrected chi connectivity index (χ1v) is 6.54. The minimum atomic E-state index is -0.414. The van der Waals surface area contributed by atoms with Crippen LogP contribution in [0.4, 0.5) is 4.79 Å². The van der Waals surface area contributed by atoms with Crippen LogP contribution in [0.25, 0.3) is 0 Å². The molecule has 0 bridgehead atoms. The molecule has 0 aromatic rings. The monoisotopic (exact) mass is 252 g/mol. The van der Waals surface area contributed by atoms with Gasteiger partial charge in [-0.3, -0.25) is 0 Å². The van der Waals surface area contributed by atoms with Crippen molar-refractivity contribution in [3.8, 4) is 12.3 Å². The van der Waals surface area contributed by atoms with Crippen molar-refractivity contribution in [3.05, 3.63) is 0 Å². The number of likely N-dealkylation sites (tertiary alicyclic amines) is 1. The van der Waals surface area contributed by atoms with Gasteiger partial charge in [-0.25, -0.2) is 4.79 Å². The number of terminal acetylenes is 1. The van der Waals surface area contributed by atoms with E-state index in [1.807, 2.05) is 20.8 Å². The summed E-state index contributed by atoms with van der Waals surface area (Å²) in [5, 5.41) is 3.22. The van der Waals surface area contributed by atoms with Crippen LogP contribution >= 0.6 is 0 Å². The van der Waals surface area contributed by atoms with Crippen LogP contribution < -0.4 is 5.32 Å². The van der Waals surface area contributed by atoms with Gasteiger partial charge in [0.05, 0.1) is 6.54 Å². The molecule has 102 valence electrons. The Bertz CT molecular complexity index is 307. The molecule has 1 rings (SSSR count). The Labute approximate surface area is 110 Å². The van der Waals surface area contributed by atoms with Crippen LogP contribution in [-0.4, -0.2) is 42.8 Å². The van der Waals surface area contributed by atoms with Gasteiger partial charge in [0.15, 0.2) is 0 Å².